The van der Waals surface area contributed by atoms with Gasteiger partial charge in [0.2, 0.25) is 5.91 Å². The predicted octanol–water partition coefficient (Wildman–Crippen LogP) is 2.38. The van der Waals surface area contributed by atoms with Gasteiger partial charge < -0.3 is 10.3 Å². The Hall–Kier alpha value is -3.48. The molecule has 0 saturated carbocycles. The first-order valence-corrected chi connectivity index (χ1v) is 8.59. The minimum absolute atomic E-state index is 0.125. The van der Waals surface area contributed by atoms with E-state index in [4.69, 9.17) is 0 Å². The van der Waals surface area contributed by atoms with Gasteiger partial charge in [-0.05, 0) is 30.2 Å². The highest BCUT2D eigenvalue weighted by Crippen LogP contribution is 2.21. The molecule has 0 fully saturated rings. The maximum atomic E-state index is 13.5. The molecule has 0 unspecified atom stereocenters. The summed E-state index contributed by atoms with van der Waals surface area (Å²) in [6, 6.07) is 14.0. The molecule has 2 N–H and O–H groups in total. The average Bonchev–Trinajstić information content (AvgIpc) is 3.03. The molecular formula is C20H17FN4O2. The summed E-state index contributed by atoms with van der Waals surface area (Å²) in [4.78, 5) is 32.0. The van der Waals surface area contributed by atoms with Crippen molar-refractivity contribution in [2.24, 2.45) is 0 Å². The van der Waals surface area contributed by atoms with Gasteiger partial charge >= 0.3 is 0 Å². The lowest BCUT2D eigenvalue weighted by molar-refractivity contribution is -0.121. The highest BCUT2D eigenvalue weighted by atomic mass is 19.1. The monoisotopic (exact) mass is 364 g/mol. The number of hydrogen-bond donors (Lipinski definition) is 2. The van der Waals surface area contributed by atoms with E-state index in [2.05, 4.69) is 15.3 Å². The third-order valence-corrected chi connectivity index (χ3v) is 4.43. The number of H-pyrrole nitrogens is 1. The van der Waals surface area contributed by atoms with Gasteiger partial charge in [0.05, 0.1) is 6.33 Å². The van der Waals surface area contributed by atoms with Crippen molar-refractivity contribution >= 4 is 27.8 Å². The fourth-order valence-corrected chi connectivity index (χ4v) is 3.08. The molecular weight excluding hydrogens is 347 g/mol. The summed E-state index contributed by atoms with van der Waals surface area (Å²) in [6.07, 6.45) is 2.03. The van der Waals surface area contributed by atoms with E-state index >= 15 is 0 Å². The highest BCUT2D eigenvalue weighted by Gasteiger charge is 2.13. The zero-order valence-electron chi connectivity index (χ0n) is 14.4. The molecule has 0 radical (unpaired) electrons. The summed E-state index contributed by atoms with van der Waals surface area (Å²) in [5.41, 5.74) is 2.05. The fraction of sp³-hybridized carbons (Fsp3) is 0.150. The van der Waals surface area contributed by atoms with Crippen molar-refractivity contribution in [3.8, 4) is 0 Å². The Morgan fingerprint density at radius 1 is 1.19 bits per heavy atom. The second-order valence-electron chi connectivity index (χ2n) is 6.30. The van der Waals surface area contributed by atoms with Crippen molar-refractivity contribution in [3.05, 3.63) is 76.6 Å². The number of rotatable bonds is 5. The van der Waals surface area contributed by atoms with Crippen molar-refractivity contribution in [2.45, 2.75) is 13.0 Å². The molecule has 0 aliphatic rings. The summed E-state index contributed by atoms with van der Waals surface area (Å²) in [5, 5.41) is 3.35. The van der Waals surface area contributed by atoms with E-state index in [1.807, 2.05) is 30.3 Å². The number of fused-ring (bicyclic) bond motifs is 3. The van der Waals surface area contributed by atoms with Gasteiger partial charge in [-0.1, -0.05) is 30.3 Å². The van der Waals surface area contributed by atoms with Gasteiger partial charge in [0.15, 0.2) is 0 Å². The minimum Gasteiger partial charge on any atom is -0.354 e. The number of benzene rings is 2. The molecule has 6 nitrogen and oxygen atoms in total. The molecule has 0 atom stereocenters. The summed E-state index contributed by atoms with van der Waals surface area (Å²) in [5.74, 6) is -0.663. The third kappa shape index (κ3) is 3.44. The van der Waals surface area contributed by atoms with E-state index in [1.54, 1.807) is 6.07 Å². The van der Waals surface area contributed by atoms with Crippen molar-refractivity contribution in [2.75, 3.05) is 6.54 Å². The van der Waals surface area contributed by atoms with Gasteiger partial charge in [0, 0.05) is 17.4 Å². The van der Waals surface area contributed by atoms with Gasteiger partial charge in [0.1, 0.15) is 23.4 Å². The van der Waals surface area contributed by atoms with Crippen LogP contribution in [0.5, 0.6) is 0 Å². The average molecular weight is 364 g/mol. The van der Waals surface area contributed by atoms with Crippen LogP contribution in [0.4, 0.5) is 4.39 Å². The second-order valence-corrected chi connectivity index (χ2v) is 6.30. The van der Waals surface area contributed by atoms with Crippen LogP contribution in [-0.2, 0) is 17.8 Å². The summed E-state index contributed by atoms with van der Waals surface area (Å²) in [7, 11) is 0. The van der Waals surface area contributed by atoms with E-state index in [0.29, 0.717) is 29.4 Å². The number of carbonyl (C=O) groups is 1. The van der Waals surface area contributed by atoms with Crippen molar-refractivity contribution in [3.63, 3.8) is 0 Å². The van der Waals surface area contributed by atoms with Crippen LogP contribution < -0.4 is 10.9 Å². The molecule has 0 spiro atoms. The minimum atomic E-state index is -0.396. The van der Waals surface area contributed by atoms with Crippen LogP contribution in [0.25, 0.3) is 21.9 Å². The third-order valence-electron chi connectivity index (χ3n) is 4.43. The topological polar surface area (TPSA) is 79.8 Å². The largest absolute Gasteiger partial charge is 0.354 e. The first kappa shape index (κ1) is 17.0. The molecule has 2 aromatic heterocycles. The first-order valence-electron chi connectivity index (χ1n) is 8.59. The zero-order valence-corrected chi connectivity index (χ0v) is 14.4. The SMILES string of the molecule is O=C(Cn1cnc2c([nH]c3ccc(F)cc32)c1=O)NCCc1ccccc1. The molecule has 4 rings (SSSR count). The van der Waals surface area contributed by atoms with Crippen molar-refractivity contribution < 1.29 is 9.18 Å². The lowest BCUT2D eigenvalue weighted by Crippen LogP contribution is -2.33. The van der Waals surface area contributed by atoms with E-state index in [1.165, 1.54) is 23.0 Å². The van der Waals surface area contributed by atoms with Crippen LogP contribution in [0.3, 0.4) is 0 Å². The van der Waals surface area contributed by atoms with E-state index in [9.17, 15) is 14.0 Å². The standard InChI is InChI=1S/C20H17FN4O2/c21-14-6-7-16-15(10-14)18-19(24-16)20(27)25(12-23-18)11-17(26)22-9-8-13-4-2-1-3-5-13/h1-7,10,12,24H,8-9,11H2,(H,22,26). The second kappa shape index (κ2) is 7.03. The number of aromatic amines is 1. The predicted molar refractivity (Wildman–Crippen MR) is 101 cm³/mol. The first-order chi connectivity index (χ1) is 13.1. The Labute approximate surface area is 153 Å². The number of aromatic nitrogens is 3. The Kier molecular flexibility index (Phi) is 4.42. The Bertz CT molecular complexity index is 1180. The number of carbonyl (C=O) groups excluding carboxylic acids is 1. The van der Waals surface area contributed by atoms with Crippen LogP contribution in [0.1, 0.15) is 5.56 Å². The smallest absolute Gasteiger partial charge is 0.278 e. The Balaban J connectivity index is 1.50. The Morgan fingerprint density at radius 3 is 2.81 bits per heavy atom. The number of halogens is 1. The van der Waals surface area contributed by atoms with Crippen LogP contribution in [0.15, 0.2) is 59.7 Å². The number of amides is 1. The summed E-state index contributed by atoms with van der Waals surface area (Å²) >= 11 is 0. The summed E-state index contributed by atoms with van der Waals surface area (Å²) in [6.45, 7) is 0.360. The van der Waals surface area contributed by atoms with Crippen molar-refractivity contribution in [1.82, 2.24) is 19.9 Å². The van der Waals surface area contributed by atoms with Crippen LogP contribution in [0, 0.1) is 5.82 Å². The lowest BCUT2D eigenvalue weighted by atomic mass is 10.1. The maximum absolute atomic E-state index is 13.5. The number of hydrogen-bond acceptors (Lipinski definition) is 3. The molecule has 4 aromatic rings. The van der Waals surface area contributed by atoms with Gasteiger partial charge in [-0.15, -0.1) is 0 Å². The number of nitrogens with zero attached hydrogens (tertiary/aromatic N) is 2. The van der Waals surface area contributed by atoms with Crippen molar-refractivity contribution in [1.29, 1.82) is 0 Å². The molecule has 7 heteroatoms. The normalized spacial score (nSPS) is 11.1. The molecule has 0 saturated heterocycles. The van der Waals surface area contributed by atoms with Crippen LogP contribution in [0.2, 0.25) is 0 Å². The molecule has 2 heterocycles. The van der Waals surface area contributed by atoms with Crippen LogP contribution >= 0.6 is 0 Å². The maximum Gasteiger partial charge on any atom is 0.278 e. The molecule has 136 valence electrons. The van der Waals surface area contributed by atoms with Gasteiger partial charge in [-0.3, -0.25) is 14.2 Å². The molecule has 0 aliphatic heterocycles. The summed E-state index contributed by atoms with van der Waals surface area (Å²) < 4.78 is 14.7. The lowest BCUT2D eigenvalue weighted by Gasteiger charge is -2.07. The highest BCUT2D eigenvalue weighted by molar-refractivity contribution is 6.04. The molecule has 27 heavy (non-hydrogen) atoms. The zero-order chi connectivity index (χ0) is 18.8. The van der Waals surface area contributed by atoms with Gasteiger partial charge in [-0.2, -0.15) is 0 Å². The quantitative estimate of drug-likeness (QED) is 0.571. The van der Waals surface area contributed by atoms with Crippen LogP contribution in [-0.4, -0.2) is 27.0 Å². The van der Waals surface area contributed by atoms with Gasteiger partial charge in [0.25, 0.3) is 5.56 Å². The fourth-order valence-electron chi connectivity index (χ4n) is 3.08. The molecule has 2 aromatic carbocycles. The van der Waals surface area contributed by atoms with E-state index in [-0.39, 0.29) is 23.5 Å². The Morgan fingerprint density at radius 2 is 2.00 bits per heavy atom. The molecule has 1 amide bonds. The number of nitrogens with one attached hydrogen (secondary N) is 2. The van der Waals surface area contributed by atoms with E-state index < -0.39 is 5.82 Å². The van der Waals surface area contributed by atoms with Gasteiger partial charge in [-0.25, -0.2) is 9.37 Å². The molecule has 0 aliphatic carbocycles. The van der Waals surface area contributed by atoms with E-state index in [0.717, 1.165) is 5.56 Å². The molecule has 0 bridgehead atoms.